The second-order valence-corrected chi connectivity index (χ2v) is 3.17. The number of alkyl halides is 14. The van der Waals surface area contributed by atoms with Gasteiger partial charge in [0.15, 0.2) is 0 Å². The van der Waals surface area contributed by atoms with Crippen molar-refractivity contribution in [1.29, 1.82) is 0 Å². The summed E-state index contributed by atoms with van der Waals surface area (Å²) in [5.74, 6) is 0. The Hall–Kier alpha value is -1.22. The van der Waals surface area contributed by atoms with Gasteiger partial charge in [0, 0.05) is 10.5 Å². The summed E-state index contributed by atoms with van der Waals surface area (Å²) >= 11 is 0. The summed E-state index contributed by atoms with van der Waals surface area (Å²) in [5, 5.41) is -6.21. The summed E-state index contributed by atoms with van der Waals surface area (Å²) in [6.07, 6.45) is -32.7. The summed E-state index contributed by atoms with van der Waals surface area (Å²) in [7, 11) is 0. The van der Waals surface area contributed by atoms with E-state index in [1.54, 1.807) is 0 Å². The molecular weight excluding hydrogens is 418 g/mol. The Bertz CT molecular complexity index is 355. The van der Waals surface area contributed by atoms with Crippen molar-refractivity contribution in [2.75, 3.05) is 0 Å². The van der Waals surface area contributed by atoms with Gasteiger partial charge in [0.1, 0.15) is 0 Å². The molecule has 0 N–H and O–H groups in total. The van der Waals surface area contributed by atoms with Crippen LogP contribution in [0.4, 0.5) is 61.5 Å². The highest BCUT2D eigenvalue weighted by Crippen LogP contribution is 2.38. The molecule has 0 saturated carbocycles. The number of hydrogen-bond donors (Lipinski definition) is 0. The normalized spacial score (nSPS) is 15.4. The van der Waals surface area contributed by atoms with Crippen LogP contribution < -0.4 is 0 Å². The van der Waals surface area contributed by atoms with E-state index in [-0.39, 0.29) is 0 Å². The van der Waals surface area contributed by atoms with Crippen LogP contribution in [-0.2, 0) is 19.4 Å². The molecule has 0 atom stereocenters. The average Bonchev–Trinajstić information content (AvgIpc) is 2.18. The van der Waals surface area contributed by atoms with E-state index in [0.717, 1.165) is 0 Å². The molecule has 0 amide bonds. The van der Waals surface area contributed by atoms with Gasteiger partial charge in [-0.2, -0.15) is 28.1 Å². The van der Waals surface area contributed by atoms with E-state index in [4.69, 9.17) is 0 Å². The largest absolute Gasteiger partial charge is 0.541 e. The van der Waals surface area contributed by atoms with Crippen LogP contribution >= 0.6 is 0 Å². The van der Waals surface area contributed by atoms with Gasteiger partial charge >= 0.3 is 31.6 Å². The maximum Gasteiger partial charge on any atom is 0.541 e. The predicted octanol–water partition coefficient (Wildman–Crippen LogP) is 3.95. The zero-order chi connectivity index (χ0) is 20.5. The minimum atomic E-state index is -6.74. The highest BCUT2D eigenvalue weighted by atomic mass is 19.4. The fourth-order valence-corrected chi connectivity index (χ4v) is 0.700. The third-order valence-corrected chi connectivity index (χ3v) is 1.19. The lowest BCUT2D eigenvalue weighted by Crippen LogP contribution is -2.59. The molecular formula is C5F14N2O4. The van der Waals surface area contributed by atoms with E-state index < -0.39 is 42.1 Å². The Morgan fingerprint density at radius 3 is 0.640 bits per heavy atom. The van der Waals surface area contributed by atoms with Crippen LogP contribution in [-0.4, -0.2) is 42.1 Å². The molecule has 0 spiro atoms. The van der Waals surface area contributed by atoms with Crippen molar-refractivity contribution >= 4 is 0 Å². The molecule has 0 aliphatic carbocycles. The Labute approximate surface area is 124 Å². The molecule has 6 nitrogen and oxygen atoms in total. The maximum absolute atomic E-state index is 13.2. The van der Waals surface area contributed by atoms with Crippen LogP contribution in [0.3, 0.4) is 0 Å². The molecule has 0 fully saturated rings. The second kappa shape index (κ2) is 7.19. The van der Waals surface area contributed by atoms with Gasteiger partial charge in [-0.3, -0.25) is 0 Å². The van der Waals surface area contributed by atoms with Crippen LogP contribution in [0.2, 0.25) is 0 Å². The Morgan fingerprint density at radius 2 is 0.520 bits per heavy atom. The summed E-state index contributed by atoms with van der Waals surface area (Å²) in [6, 6.07) is 0. The minimum Gasteiger partial charge on any atom is -0.167 e. The van der Waals surface area contributed by atoms with Gasteiger partial charge in [-0.05, 0) is 0 Å². The van der Waals surface area contributed by atoms with Crippen molar-refractivity contribution in [2.24, 2.45) is 0 Å². The second-order valence-electron chi connectivity index (χ2n) is 3.17. The van der Waals surface area contributed by atoms with Gasteiger partial charge < -0.3 is 0 Å². The molecule has 0 saturated heterocycles. The van der Waals surface area contributed by atoms with Crippen LogP contribution in [0.15, 0.2) is 0 Å². The van der Waals surface area contributed by atoms with E-state index in [2.05, 4.69) is 0 Å². The van der Waals surface area contributed by atoms with Crippen LogP contribution in [0, 0.1) is 0 Å². The van der Waals surface area contributed by atoms with Gasteiger partial charge in [0.25, 0.3) is 0 Å². The first-order valence-electron chi connectivity index (χ1n) is 4.64. The van der Waals surface area contributed by atoms with E-state index in [1.807, 2.05) is 19.4 Å². The lowest BCUT2D eigenvalue weighted by atomic mass is 11.0. The first-order valence-corrected chi connectivity index (χ1v) is 4.64. The minimum absolute atomic E-state index is 1.89. The predicted molar refractivity (Wildman–Crippen MR) is 37.2 cm³/mol. The molecule has 0 radical (unpaired) electrons. The van der Waals surface area contributed by atoms with E-state index >= 15 is 0 Å². The maximum atomic E-state index is 13.2. The van der Waals surface area contributed by atoms with Crippen molar-refractivity contribution in [2.45, 2.75) is 31.6 Å². The first kappa shape index (κ1) is 23.8. The van der Waals surface area contributed by atoms with Crippen LogP contribution in [0.25, 0.3) is 0 Å². The Balaban J connectivity index is 5.82. The quantitative estimate of drug-likeness (QED) is 0.282. The number of hydrogen-bond acceptors (Lipinski definition) is 6. The number of halogens is 14. The number of nitrogens with zero attached hydrogens (tertiary/aromatic N) is 2. The summed E-state index contributed by atoms with van der Waals surface area (Å²) in [6.45, 7) is 0. The lowest BCUT2D eigenvalue weighted by Gasteiger charge is -2.34. The van der Waals surface area contributed by atoms with Crippen LogP contribution in [0.1, 0.15) is 0 Å². The Kier molecular flexibility index (Phi) is 6.83. The summed E-state index contributed by atoms with van der Waals surface area (Å²) in [4.78, 5) is 7.57. The van der Waals surface area contributed by atoms with Crippen LogP contribution in [0.5, 0.6) is 0 Å². The molecule has 0 bridgehead atoms. The molecule has 25 heavy (non-hydrogen) atoms. The topological polar surface area (TPSA) is 43.4 Å². The molecule has 0 aromatic rings. The van der Waals surface area contributed by atoms with E-state index in [9.17, 15) is 61.5 Å². The highest BCUT2D eigenvalue weighted by Gasteiger charge is 2.62. The molecule has 0 aliphatic rings. The Morgan fingerprint density at radius 1 is 0.360 bits per heavy atom. The molecule has 0 rings (SSSR count). The SMILES string of the molecule is FC(F)(F)ON(OC(F)(F)F)C(F)(F)N(OC(F)(F)F)OC(F)(F)F. The summed E-state index contributed by atoms with van der Waals surface area (Å²) < 4.78 is 168. The van der Waals surface area contributed by atoms with E-state index in [1.165, 1.54) is 0 Å². The molecule has 0 aromatic carbocycles. The lowest BCUT2D eigenvalue weighted by molar-refractivity contribution is -0.687. The third-order valence-electron chi connectivity index (χ3n) is 1.19. The fraction of sp³-hybridized carbons (Fsp3) is 1.00. The van der Waals surface area contributed by atoms with Gasteiger partial charge in [0.05, 0.1) is 0 Å². The third kappa shape index (κ3) is 10.4. The average molecular weight is 418 g/mol. The standard InChI is InChI=1S/C5F14N2O4/c6-1(7,8)22-20(23-2(9,10)11)5(18,19)21(24-3(12,13)14)25-4(15,16)17. The van der Waals surface area contributed by atoms with Crippen molar-refractivity contribution < 1.29 is 80.8 Å². The molecule has 0 heterocycles. The zero-order valence-corrected chi connectivity index (χ0v) is 10.3. The number of rotatable bonds is 6. The first-order chi connectivity index (χ1) is 10.6. The zero-order valence-electron chi connectivity index (χ0n) is 10.3. The van der Waals surface area contributed by atoms with Gasteiger partial charge in [-0.15, -0.1) is 52.7 Å². The molecule has 20 heteroatoms. The van der Waals surface area contributed by atoms with Crippen molar-refractivity contribution in [1.82, 2.24) is 10.5 Å². The van der Waals surface area contributed by atoms with Crippen molar-refractivity contribution in [3.8, 4) is 0 Å². The van der Waals surface area contributed by atoms with Gasteiger partial charge in [-0.25, -0.2) is 0 Å². The highest BCUT2D eigenvalue weighted by molar-refractivity contribution is 4.49. The molecule has 152 valence electrons. The number of hydroxylamine groups is 4. The van der Waals surface area contributed by atoms with E-state index in [0.29, 0.717) is 0 Å². The van der Waals surface area contributed by atoms with Crippen molar-refractivity contribution in [3.05, 3.63) is 0 Å². The molecule has 0 unspecified atom stereocenters. The van der Waals surface area contributed by atoms with Gasteiger partial charge in [0.2, 0.25) is 0 Å². The monoisotopic (exact) mass is 418 g/mol. The van der Waals surface area contributed by atoms with Crippen molar-refractivity contribution in [3.63, 3.8) is 0 Å². The smallest absolute Gasteiger partial charge is 0.167 e. The summed E-state index contributed by atoms with van der Waals surface area (Å²) in [5.41, 5.74) is 0. The molecule has 0 aliphatic heterocycles. The fourth-order valence-electron chi connectivity index (χ4n) is 0.700. The molecule has 0 aromatic heterocycles. The van der Waals surface area contributed by atoms with Gasteiger partial charge in [-0.1, -0.05) is 0 Å².